The van der Waals surface area contributed by atoms with Crippen molar-refractivity contribution in [3.05, 3.63) is 83.8 Å². The Bertz CT molecular complexity index is 1420. The molecule has 7 nitrogen and oxygen atoms in total. The third-order valence-electron chi connectivity index (χ3n) is 5.46. The van der Waals surface area contributed by atoms with Crippen molar-refractivity contribution in [1.82, 2.24) is 10.3 Å². The number of amides is 1. The average molecular weight is 512 g/mol. The van der Waals surface area contributed by atoms with Crippen LogP contribution in [0.2, 0.25) is 0 Å². The summed E-state index contributed by atoms with van der Waals surface area (Å²) in [4.78, 5) is 16.5. The summed E-state index contributed by atoms with van der Waals surface area (Å²) in [5, 5.41) is 6.07. The number of hydrogen-bond acceptors (Lipinski definition) is 6. The predicted molar refractivity (Wildman–Crippen MR) is 133 cm³/mol. The normalized spacial score (nSPS) is 11.0. The van der Waals surface area contributed by atoms with Gasteiger partial charge in [0, 0.05) is 41.5 Å². The Morgan fingerprint density at radius 1 is 0.946 bits per heavy atom. The standard InChI is InChI=1S/C27H24F3N3O4/c1-35-24-12-19-21(13-25(24)36-2)32-9-8-22(19)37-23-7-6-18(11-20(23)28)33-26(34)15-31-14-16-4-3-5-17(10-16)27(29)30/h3-13,27,31H,14-15H2,1-2H3,(H,33,34). The number of fused-ring (bicyclic) bond motifs is 1. The van der Waals surface area contributed by atoms with E-state index in [0.717, 1.165) is 6.07 Å². The highest BCUT2D eigenvalue weighted by Crippen LogP contribution is 2.37. The number of halogens is 3. The molecule has 2 N–H and O–H groups in total. The molecular weight excluding hydrogens is 487 g/mol. The number of benzene rings is 3. The Morgan fingerprint density at radius 3 is 2.46 bits per heavy atom. The minimum Gasteiger partial charge on any atom is -0.493 e. The molecule has 0 spiro atoms. The highest BCUT2D eigenvalue weighted by Gasteiger charge is 2.14. The van der Waals surface area contributed by atoms with Gasteiger partial charge in [-0.25, -0.2) is 13.2 Å². The van der Waals surface area contributed by atoms with Crippen molar-refractivity contribution in [2.75, 3.05) is 26.1 Å². The van der Waals surface area contributed by atoms with E-state index in [4.69, 9.17) is 14.2 Å². The third kappa shape index (κ3) is 6.28. The van der Waals surface area contributed by atoms with Crippen molar-refractivity contribution >= 4 is 22.5 Å². The third-order valence-corrected chi connectivity index (χ3v) is 5.46. The van der Waals surface area contributed by atoms with Crippen molar-refractivity contribution < 1.29 is 32.2 Å². The summed E-state index contributed by atoms with van der Waals surface area (Å²) in [6.45, 7) is 0.138. The quantitative estimate of drug-likeness (QED) is 0.278. The van der Waals surface area contributed by atoms with Crippen LogP contribution in [0.3, 0.4) is 0 Å². The van der Waals surface area contributed by atoms with Crippen LogP contribution in [0.1, 0.15) is 17.6 Å². The van der Waals surface area contributed by atoms with Crippen molar-refractivity contribution in [2.45, 2.75) is 13.0 Å². The van der Waals surface area contributed by atoms with Crippen molar-refractivity contribution in [1.29, 1.82) is 0 Å². The van der Waals surface area contributed by atoms with E-state index in [-0.39, 0.29) is 30.1 Å². The second kappa shape index (κ2) is 11.6. The first-order chi connectivity index (χ1) is 17.9. The average Bonchev–Trinajstić information content (AvgIpc) is 2.89. The molecule has 0 aliphatic carbocycles. The number of hydrogen-bond donors (Lipinski definition) is 2. The highest BCUT2D eigenvalue weighted by atomic mass is 19.3. The zero-order chi connectivity index (χ0) is 26.4. The molecule has 0 fully saturated rings. The molecule has 4 aromatic rings. The Labute approximate surface area is 211 Å². The van der Waals surface area contributed by atoms with Crippen LogP contribution in [0.25, 0.3) is 10.9 Å². The minimum absolute atomic E-state index is 0.0441. The zero-order valence-corrected chi connectivity index (χ0v) is 20.1. The Kier molecular flexibility index (Phi) is 8.09. The van der Waals surface area contributed by atoms with E-state index in [9.17, 15) is 18.0 Å². The summed E-state index contributed by atoms with van der Waals surface area (Å²) in [5.74, 6) is 0.196. The number of carbonyl (C=O) groups excluding carboxylic acids is 1. The molecule has 1 heterocycles. The van der Waals surface area contributed by atoms with Crippen LogP contribution in [0.4, 0.5) is 18.9 Å². The van der Waals surface area contributed by atoms with Gasteiger partial charge in [0.1, 0.15) is 5.75 Å². The summed E-state index contributed by atoms with van der Waals surface area (Å²) in [7, 11) is 3.03. The SMILES string of the molecule is COc1cc2nccc(Oc3ccc(NC(=O)CNCc4cccc(C(F)F)c4)cc3F)c2cc1OC. The fourth-order valence-corrected chi connectivity index (χ4v) is 3.68. The van der Waals surface area contributed by atoms with Gasteiger partial charge < -0.3 is 24.8 Å². The molecule has 3 aromatic carbocycles. The first-order valence-corrected chi connectivity index (χ1v) is 11.2. The van der Waals surface area contributed by atoms with E-state index in [1.165, 1.54) is 50.7 Å². The van der Waals surface area contributed by atoms with Gasteiger partial charge in [-0.05, 0) is 35.9 Å². The number of alkyl halides is 2. The maximum atomic E-state index is 14.8. The maximum Gasteiger partial charge on any atom is 0.263 e. The summed E-state index contributed by atoms with van der Waals surface area (Å²) >= 11 is 0. The van der Waals surface area contributed by atoms with E-state index < -0.39 is 18.1 Å². The number of aromatic nitrogens is 1. The molecule has 37 heavy (non-hydrogen) atoms. The molecule has 0 bridgehead atoms. The fourth-order valence-electron chi connectivity index (χ4n) is 3.68. The van der Waals surface area contributed by atoms with Gasteiger partial charge in [-0.2, -0.15) is 0 Å². The summed E-state index contributed by atoms with van der Waals surface area (Å²) < 4.78 is 56.9. The van der Waals surface area contributed by atoms with Crippen molar-refractivity contribution in [3.8, 4) is 23.0 Å². The number of carbonyl (C=O) groups is 1. The summed E-state index contributed by atoms with van der Waals surface area (Å²) in [6.07, 6.45) is -1.03. The van der Waals surface area contributed by atoms with Gasteiger partial charge in [0.2, 0.25) is 5.91 Å². The van der Waals surface area contributed by atoms with E-state index in [1.54, 1.807) is 24.3 Å². The van der Waals surface area contributed by atoms with Crippen LogP contribution in [0, 0.1) is 5.82 Å². The highest BCUT2D eigenvalue weighted by molar-refractivity contribution is 5.92. The molecule has 0 saturated heterocycles. The predicted octanol–water partition coefficient (Wildman–Crippen LogP) is 5.85. The van der Waals surface area contributed by atoms with E-state index in [2.05, 4.69) is 15.6 Å². The number of nitrogens with zero attached hydrogens (tertiary/aromatic N) is 1. The monoisotopic (exact) mass is 511 g/mol. The molecule has 192 valence electrons. The van der Waals surface area contributed by atoms with Crippen molar-refractivity contribution in [3.63, 3.8) is 0 Å². The molecule has 0 saturated carbocycles. The van der Waals surface area contributed by atoms with Gasteiger partial charge in [-0.1, -0.05) is 18.2 Å². The first-order valence-electron chi connectivity index (χ1n) is 11.2. The molecule has 4 rings (SSSR count). The molecule has 10 heteroatoms. The van der Waals surface area contributed by atoms with Gasteiger partial charge in [0.05, 0.1) is 26.3 Å². The lowest BCUT2D eigenvalue weighted by molar-refractivity contribution is -0.115. The van der Waals surface area contributed by atoms with Crippen LogP contribution >= 0.6 is 0 Å². The van der Waals surface area contributed by atoms with Gasteiger partial charge in [0.25, 0.3) is 6.43 Å². The summed E-state index contributed by atoms with van der Waals surface area (Å²) in [6, 6.07) is 15.0. The molecule has 0 aliphatic rings. The lowest BCUT2D eigenvalue weighted by atomic mass is 10.1. The number of pyridine rings is 1. The second-order valence-corrected chi connectivity index (χ2v) is 7.98. The van der Waals surface area contributed by atoms with Gasteiger partial charge in [-0.15, -0.1) is 0 Å². The topological polar surface area (TPSA) is 81.7 Å². The van der Waals surface area contributed by atoms with Crippen LogP contribution in [-0.4, -0.2) is 31.7 Å². The van der Waals surface area contributed by atoms with Crippen LogP contribution in [-0.2, 0) is 11.3 Å². The van der Waals surface area contributed by atoms with Crippen LogP contribution in [0.5, 0.6) is 23.0 Å². The molecule has 0 radical (unpaired) electrons. The molecule has 1 aromatic heterocycles. The molecule has 0 unspecified atom stereocenters. The van der Waals surface area contributed by atoms with Crippen LogP contribution < -0.4 is 24.8 Å². The number of anilines is 1. The minimum atomic E-state index is -2.56. The lowest BCUT2D eigenvalue weighted by Crippen LogP contribution is -2.27. The van der Waals surface area contributed by atoms with E-state index >= 15 is 0 Å². The largest absolute Gasteiger partial charge is 0.493 e. The van der Waals surface area contributed by atoms with E-state index in [0.29, 0.717) is 33.7 Å². The second-order valence-electron chi connectivity index (χ2n) is 7.98. The number of rotatable bonds is 10. The molecule has 0 atom stereocenters. The van der Waals surface area contributed by atoms with Gasteiger partial charge >= 0.3 is 0 Å². The summed E-state index contributed by atoms with van der Waals surface area (Å²) in [5.41, 5.74) is 1.35. The fraction of sp³-hybridized carbons (Fsp3) is 0.185. The molecular formula is C27H24F3N3O4. The lowest BCUT2D eigenvalue weighted by Gasteiger charge is -2.13. The maximum absolute atomic E-state index is 14.8. The molecule has 1 amide bonds. The van der Waals surface area contributed by atoms with E-state index in [1.807, 2.05) is 0 Å². The van der Waals surface area contributed by atoms with Gasteiger partial charge in [-0.3, -0.25) is 9.78 Å². The Hall–Kier alpha value is -4.31. The van der Waals surface area contributed by atoms with Crippen LogP contribution in [0.15, 0.2) is 66.9 Å². The molecule has 0 aliphatic heterocycles. The van der Waals surface area contributed by atoms with Crippen molar-refractivity contribution in [2.24, 2.45) is 0 Å². The number of ether oxygens (including phenoxy) is 3. The van der Waals surface area contributed by atoms with Gasteiger partial charge in [0.15, 0.2) is 23.1 Å². The Balaban J connectivity index is 1.39. The number of nitrogens with one attached hydrogen (secondary N) is 2. The smallest absolute Gasteiger partial charge is 0.263 e. The Morgan fingerprint density at radius 2 is 1.73 bits per heavy atom. The zero-order valence-electron chi connectivity index (χ0n) is 20.1. The first kappa shape index (κ1) is 25.8. The number of methoxy groups -OCH3 is 2.